The zero-order valence-electron chi connectivity index (χ0n) is 66.8. The number of halogens is 2. The average molecular weight is 1690 g/mol. The molecule has 7 heterocycles. The number of unbranched alkanes of at least 4 members (excludes halogenated alkanes) is 2. The number of primary amides is 1. The van der Waals surface area contributed by atoms with Gasteiger partial charge in [0.15, 0.2) is 21.5 Å². The predicted molar refractivity (Wildman–Crippen MR) is 440 cm³/mol. The van der Waals surface area contributed by atoms with E-state index in [9.17, 15) is 70.7 Å². The lowest BCUT2D eigenvalue weighted by molar-refractivity contribution is -0.151. The highest BCUT2D eigenvalue weighted by Crippen LogP contribution is 2.46. The molecule has 120 heavy (non-hydrogen) atoms. The Hall–Kier alpha value is -12.3. The average Bonchev–Trinajstić information content (AvgIpc) is 1.56. The molecular weight excluding hydrogens is 1590 g/mol. The molecule has 12 N–H and O–H groups in total. The molecule has 0 spiro atoms. The van der Waals surface area contributed by atoms with E-state index in [1.165, 1.54) is 51.6 Å². The number of sulfone groups is 1. The van der Waals surface area contributed by atoms with Crippen molar-refractivity contribution in [2.45, 2.75) is 142 Å². The molecule has 1 saturated carbocycles. The van der Waals surface area contributed by atoms with Crippen LogP contribution in [0.4, 0.5) is 30.8 Å². The molecular formula is C84H95F2N15O17S2. The number of carbonyl (C=O) groups excluding carboxylic acids is 10. The number of carbonyl (C=O) groups is 10. The number of nitrogens with one attached hydrogen (secondary N) is 9. The van der Waals surface area contributed by atoms with Gasteiger partial charge in [0.25, 0.3) is 23.3 Å². The minimum Gasteiger partial charge on any atom is -0.492 e. The van der Waals surface area contributed by atoms with Gasteiger partial charge in [-0.1, -0.05) is 63.6 Å². The van der Waals surface area contributed by atoms with E-state index >= 15 is 4.39 Å². The number of aryl methyl sites for hydroxylation is 1. The first-order chi connectivity index (χ1) is 57.3. The van der Waals surface area contributed by atoms with E-state index < -0.39 is 122 Å². The van der Waals surface area contributed by atoms with Crippen molar-refractivity contribution in [2.24, 2.45) is 16.6 Å². The van der Waals surface area contributed by atoms with Gasteiger partial charge in [0.05, 0.1) is 59.5 Å². The second-order valence-corrected chi connectivity index (χ2v) is 34.2. The number of fused-ring (bicyclic) bond motifs is 2. The number of rotatable bonds is 37. The molecule has 4 atom stereocenters. The zero-order chi connectivity index (χ0) is 85.7. The van der Waals surface area contributed by atoms with Gasteiger partial charge in [0.1, 0.15) is 66.2 Å². The van der Waals surface area contributed by atoms with E-state index in [4.69, 9.17) is 19.9 Å². The zero-order valence-corrected chi connectivity index (χ0v) is 68.4. The van der Waals surface area contributed by atoms with Gasteiger partial charge in [0, 0.05) is 110 Å². The minimum atomic E-state index is -3.85. The first-order valence-electron chi connectivity index (χ1n) is 39.3. The lowest BCUT2D eigenvalue weighted by atomic mass is 9.67. The number of urea groups is 1. The number of H-pyrrole nitrogens is 2. The second kappa shape index (κ2) is 38.2. The Morgan fingerprint density at radius 2 is 1.51 bits per heavy atom. The summed E-state index contributed by atoms with van der Waals surface area (Å²) in [6.07, 6.45) is 9.37. The van der Waals surface area contributed by atoms with Crippen LogP contribution in [0.3, 0.4) is 0 Å². The Labute approximate surface area is 693 Å². The molecule has 1 aliphatic carbocycles. The van der Waals surface area contributed by atoms with Gasteiger partial charge in [-0.15, -0.1) is 11.3 Å². The Balaban J connectivity index is 0.715. The fourth-order valence-electron chi connectivity index (χ4n) is 14.9. The molecule has 4 aromatic carbocycles. The molecule has 8 aromatic rings. The number of anilines is 3. The van der Waals surface area contributed by atoms with Gasteiger partial charge >= 0.3 is 6.03 Å². The minimum absolute atomic E-state index is 0.0158. The Morgan fingerprint density at radius 1 is 0.783 bits per heavy atom. The van der Waals surface area contributed by atoms with Crippen LogP contribution < -0.4 is 62.9 Å². The summed E-state index contributed by atoms with van der Waals surface area (Å²) in [6, 6.07) is 18.7. The van der Waals surface area contributed by atoms with Crippen molar-refractivity contribution in [2.75, 3.05) is 69.0 Å². The molecule has 0 unspecified atom stereocenters. The number of benzene rings is 4. The number of likely N-dealkylation sites (tertiary alicyclic amines) is 1. The van der Waals surface area contributed by atoms with Crippen LogP contribution in [0.5, 0.6) is 11.5 Å². The van der Waals surface area contributed by atoms with Gasteiger partial charge in [-0.2, -0.15) is 0 Å². The molecule has 4 aliphatic rings. The van der Waals surface area contributed by atoms with Crippen LogP contribution in [0.15, 0.2) is 126 Å². The molecule has 0 bridgehead atoms. The van der Waals surface area contributed by atoms with E-state index in [-0.39, 0.29) is 156 Å². The standard InChI is InChI=1S/C84H95F2N15O17S2/c1-48-72(119-47-95-48)52-16-12-49(13-17-52)38-93-77(108)66-35-57(102)43-101(66)79(110)73(83(2,3)4)98-67(103)45-116-29-22-51-31-58(117-30-27-88-75(106)60-37-65-61(33-53(60)46-120(5,114)115)62-41-94-78(109)71-70(62)54(39-91-71)42-100(65)74-63(86)34-55(85)40-92-74)36-59(32-51)118-44-50-14-18-56(19-15-50)96-76(107)64(11-9-26-90-82(87)113)97-81(112)84(23-10-24-84)80(111)89-25-7-6-8-28-99-68(104)20-21-69(99)105/h12-21,31-34,36-37,39-41,47,57,64,66,73,91,102H,6-11,22-30,35,38,42-46H2,1-5H3,(H,88,106)(H,89,111)(H,93,108)(H,94,109)(H,96,107)(H,97,112)(H,98,103)(H3,87,90,113)/t57-,64+,66+,73-/m1/s1. The number of aromatic nitrogens is 4. The molecule has 1 saturated heterocycles. The van der Waals surface area contributed by atoms with Crippen LogP contribution in [0.2, 0.25) is 0 Å². The molecule has 634 valence electrons. The maximum atomic E-state index is 15.9. The van der Waals surface area contributed by atoms with Crippen LogP contribution in [0.25, 0.3) is 32.5 Å². The second-order valence-electron chi connectivity index (χ2n) is 31.2. The molecule has 2 fully saturated rings. The number of aliphatic hydroxyl groups is 1. The smallest absolute Gasteiger partial charge is 0.312 e. The summed E-state index contributed by atoms with van der Waals surface area (Å²) in [7, 11) is -3.85. The highest BCUT2D eigenvalue weighted by Gasteiger charge is 2.52. The number of β-amino-alcohol motifs (C(OH)–C–C–N with tert-alkyl or cyclic N) is 1. The Kier molecular flexibility index (Phi) is 27.7. The molecule has 3 aliphatic heterocycles. The van der Waals surface area contributed by atoms with Crippen molar-refractivity contribution < 1.29 is 84.5 Å². The number of imide groups is 1. The lowest BCUT2D eigenvalue weighted by Gasteiger charge is -2.39. The molecule has 11 amide bonds. The number of nitrogens with two attached hydrogens (primary N) is 1. The Morgan fingerprint density at radius 3 is 2.19 bits per heavy atom. The van der Waals surface area contributed by atoms with Crippen LogP contribution >= 0.6 is 11.3 Å². The third-order valence-corrected chi connectivity index (χ3v) is 23.1. The summed E-state index contributed by atoms with van der Waals surface area (Å²) in [5, 5.41) is 30.8. The van der Waals surface area contributed by atoms with Crippen molar-refractivity contribution in [3.63, 3.8) is 0 Å². The first kappa shape index (κ1) is 87.0. The first-order valence-corrected chi connectivity index (χ1v) is 42.3. The maximum Gasteiger partial charge on any atom is 0.312 e. The van der Waals surface area contributed by atoms with E-state index in [0.717, 1.165) is 39.1 Å². The fraction of sp³-hybridized carbons (Fsp3) is 0.393. The SMILES string of the molecule is Cc1ncsc1-c1ccc(CNC(=O)[C@@H]2C[C@@H](O)CN2C(=O)[C@@H](NC(=O)COCCc2cc(OCCNC(=O)c3cc4c(cc3CS(C)(=O)=O)-c3c[nH]c(=O)c5[nH]cc(c35)CN4c3ncc(F)cc3F)cc(OCc3ccc(NC(=O)[C@H](CCCNC(N)=O)NC(=O)C4(C(=O)NCCCCCN5C(=O)C=CC5=O)CCC4)cc3)c2)C(C)(C)C)cc1. The van der Waals surface area contributed by atoms with E-state index in [2.05, 4.69) is 57.2 Å². The quantitative estimate of drug-likeness (QED) is 0.0108. The highest BCUT2D eigenvalue weighted by molar-refractivity contribution is 7.89. The monoisotopic (exact) mass is 1690 g/mol. The van der Waals surface area contributed by atoms with Crippen molar-refractivity contribution in [3.05, 3.63) is 182 Å². The van der Waals surface area contributed by atoms with Crippen LogP contribution in [-0.2, 0) is 84.8 Å². The summed E-state index contributed by atoms with van der Waals surface area (Å²) in [5.41, 5.74) is 10.1. The topological polar surface area (TPSA) is 447 Å². The maximum absolute atomic E-state index is 15.9. The van der Waals surface area contributed by atoms with Gasteiger partial charge in [-0.3, -0.25) is 52.8 Å². The van der Waals surface area contributed by atoms with Crippen molar-refractivity contribution in [1.82, 2.24) is 61.6 Å². The third kappa shape index (κ3) is 21.4. The van der Waals surface area contributed by atoms with Crippen molar-refractivity contribution in [3.8, 4) is 33.1 Å². The number of pyridine rings is 2. The van der Waals surface area contributed by atoms with Crippen molar-refractivity contribution >= 4 is 108 Å². The lowest BCUT2D eigenvalue weighted by Crippen LogP contribution is -2.58. The van der Waals surface area contributed by atoms with E-state index in [1.807, 2.05) is 31.2 Å². The fourth-order valence-corrected chi connectivity index (χ4v) is 16.5. The summed E-state index contributed by atoms with van der Waals surface area (Å²) in [6.45, 7) is 6.70. The third-order valence-electron chi connectivity index (χ3n) is 21.3. The summed E-state index contributed by atoms with van der Waals surface area (Å²) >= 11 is 1.52. The summed E-state index contributed by atoms with van der Waals surface area (Å²) in [5.74, 6) is -7.32. The molecule has 0 radical (unpaired) electrons. The number of aliphatic hydroxyl groups excluding tert-OH is 1. The van der Waals surface area contributed by atoms with Crippen LogP contribution in [0, 0.1) is 29.4 Å². The van der Waals surface area contributed by atoms with Crippen LogP contribution in [0.1, 0.15) is 122 Å². The number of aromatic amines is 2. The number of hydrogen-bond acceptors (Lipinski definition) is 21. The highest BCUT2D eigenvalue weighted by atomic mass is 32.2. The largest absolute Gasteiger partial charge is 0.492 e. The number of ether oxygens (including phenoxy) is 3. The number of amides is 11. The Bertz CT molecular complexity index is 5420. The van der Waals surface area contributed by atoms with E-state index in [0.29, 0.717) is 70.6 Å². The van der Waals surface area contributed by atoms with Crippen molar-refractivity contribution in [1.29, 1.82) is 0 Å². The summed E-state index contributed by atoms with van der Waals surface area (Å²) < 4.78 is 75.2. The van der Waals surface area contributed by atoms with Gasteiger partial charge < -0.3 is 82.0 Å². The molecule has 32 nitrogen and oxygen atoms in total. The van der Waals surface area contributed by atoms with Crippen LogP contribution in [-0.4, -0.2) is 185 Å². The summed E-state index contributed by atoms with van der Waals surface area (Å²) in [4.78, 5) is 166. The number of nitrogens with zero attached hydrogens (tertiary/aromatic N) is 5. The van der Waals surface area contributed by atoms with Gasteiger partial charge in [-0.05, 0) is 133 Å². The van der Waals surface area contributed by atoms with E-state index in [1.54, 1.807) is 74.9 Å². The number of thiazole rings is 1. The molecule has 4 aromatic heterocycles. The van der Waals surface area contributed by atoms with Gasteiger partial charge in [-0.25, -0.2) is 32.0 Å². The van der Waals surface area contributed by atoms with Gasteiger partial charge in [0.2, 0.25) is 35.4 Å². The normalized spacial score (nSPS) is 15.9. The molecule has 12 rings (SSSR count). The number of hydrogen-bond donors (Lipinski definition) is 11. The predicted octanol–water partition coefficient (Wildman–Crippen LogP) is 6.83. The molecule has 36 heteroatoms.